The molecule has 1 N–H and O–H groups in total. The lowest BCUT2D eigenvalue weighted by molar-refractivity contribution is -0.117. The molecule has 24 heavy (non-hydrogen) atoms. The van der Waals surface area contributed by atoms with Crippen molar-refractivity contribution < 1.29 is 9.59 Å². The summed E-state index contributed by atoms with van der Waals surface area (Å²) in [5, 5.41) is 8.25. The van der Waals surface area contributed by atoms with Crippen molar-refractivity contribution >= 4 is 35.1 Å². The number of rotatable bonds is 5. The van der Waals surface area contributed by atoms with Gasteiger partial charge < -0.3 is 5.32 Å². The molecule has 2 aromatic carbocycles. The van der Waals surface area contributed by atoms with Crippen LogP contribution in [0.1, 0.15) is 12.0 Å². The molecule has 2 amide bonds. The lowest BCUT2D eigenvalue weighted by atomic mass is 10.2. The highest BCUT2D eigenvalue weighted by Gasteiger charge is 2.26. The van der Waals surface area contributed by atoms with Crippen LogP contribution in [0.4, 0.5) is 5.69 Å². The average Bonchev–Trinajstić information content (AvgIpc) is 2.97. The highest BCUT2D eigenvalue weighted by molar-refractivity contribution is 7.99. The first kappa shape index (κ1) is 16.3. The summed E-state index contributed by atoms with van der Waals surface area (Å²) in [6.07, 6.45) is 0.115. The Labute approximate surface area is 144 Å². The normalized spacial score (nSPS) is 13.8. The van der Waals surface area contributed by atoms with Crippen molar-refractivity contribution in [3.63, 3.8) is 0 Å². The number of thioether (sulfide) groups is 1. The van der Waals surface area contributed by atoms with E-state index in [1.54, 1.807) is 0 Å². The van der Waals surface area contributed by atoms with Gasteiger partial charge in [-0.05, 0) is 17.7 Å². The lowest BCUT2D eigenvalue weighted by Crippen LogP contribution is -2.31. The van der Waals surface area contributed by atoms with Gasteiger partial charge in [0.15, 0.2) is 0 Å². The molecule has 0 fully saturated rings. The van der Waals surface area contributed by atoms with Gasteiger partial charge in [-0.2, -0.15) is 10.1 Å². The number of para-hydroxylation sites is 1. The minimum atomic E-state index is -0.145. The van der Waals surface area contributed by atoms with Gasteiger partial charge >= 0.3 is 0 Å². The second-order valence-electron chi connectivity index (χ2n) is 5.29. The van der Waals surface area contributed by atoms with Crippen LogP contribution in [0.15, 0.2) is 65.8 Å². The van der Waals surface area contributed by atoms with E-state index < -0.39 is 0 Å². The first-order valence-corrected chi connectivity index (χ1v) is 8.75. The van der Waals surface area contributed by atoms with Crippen LogP contribution >= 0.6 is 11.8 Å². The van der Waals surface area contributed by atoms with Gasteiger partial charge in [-0.3, -0.25) is 9.59 Å². The van der Waals surface area contributed by atoms with Crippen LogP contribution in [0.5, 0.6) is 0 Å². The van der Waals surface area contributed by atoms with Gasteiger partial charge in [0.05, 0.1) is 17.9 Å². The molecule has 1 aliphatic heterocycles. The van der Waals surface area contributed by atoms with E-state index >= 15 is 0 Å². The second-order valence-corrected chi connectivity index (χ2v) is 6.28. The molecule has 5 nitrogen and oxygen atoms in total. The molecule has 0 bridgehead atoms. The summed E-state index contributed by atoms with van der Waals surface area (Å²) in [4.78, 5) is 24.0. The summed E-state index contributed by atoms with van der Waals surface area (Å²) in [6, 6.07) is 19.2. The Hall–Kier alpha value is -2.60. The van der Waals surface area contributed by atoms with Crippen molar-refractivity contribution in [2.45, 2.75) is 12.2 Å². The number of anilines is 1. The molecule has 0 saturated heterocycles. The van der Waals surface area contributed by atoms with Gasteiger partial charge in [0.25, 0.3) is 5.91 Å². The molecular weight excluding hydrogens is 322 g/mol. The van der Waals surface area contributed by atoms with Crippen molar-refractivity contribution in [2.75, 3.05) is 10.8 Å². The largest absolute Gasteiger partial charge is 0.312 e. The van der Waals surface area contributed by atoms with E-state index in [1.165, 1.54) is 22.3 Å². The van der Waals surface area contributed by atoms with E-state index in [-0.39, 0.29) is 18.2 Å². The highest BCUT2D eigenvalue weighted by Crippen LogP contribution is 2.19. The molecule has 0 radical (unpaired) electrons. The summed E-state index contributed by atoms with van der Waals surface area (Å²) >= 11 is 1.53. The number of carbonyl (C=O) groups excluding carboxylic acids is 2. The maximum Gasteiger partial charge on any atom is 0.255 e. The molecule has 0 spiro atoms. The van der Waals surface area contributed by atoms with Crippen LogP contribution in [0, 0.1) is 0 Å². The molecular formula is C18H17N3O2S. The number of nitrogens with zero attached hydrogens (tertiary/aromatic N) is 2. The number of nitrogens with one attached hydrogen (secondary N) is 1. The fourth-order valence-corrected chi connectivity index (χ4v) is 3.09. The summed E-state index contributed by atoms with van der Waals surface area (Å²) in [5.41, 5.74) is 1.88. The van der Waals surface area contributed by atoms with Gasteiger partial charge in [-0.15, -0.1) is 11.8 Å². The molecule has 1 aliphatic rings. The number of benzene rings is 2. The Morgan fingerprint density at radius 1 is 1.08 bits per heavy atom. The first-order chi connectivity index (χ1) is 11.7. The quantitative estimate of drug-likeness (QED) is 0.911. The van der Waals surface area contributed by atoms with Crippen molar-refractivity contribution in [1.29, 1.82) is 0 Å². The minimum absolute atomic E-state index is 0.115. The van der Waals surface area contributed by atoms with E-state index in [1.807, 2.05) is 60.7 Å². The smallest absolute Gasteiger partial charge is 0.255 e. The number of amidine groups is 1. The van der Waals surface area contributed by atoms with Crippen LogP contribution in [0.3, 0.4) is 0 Å². The Kier molecular flexibility index (Phi) is 5.28. The average molecular weight is 339 g/mol. The van der Waals surface area contributed by atoms with Crippen molar-refractivity contribution in [2.24, 2.45) is 5.10 Å². The Balaban J connectivity index is 1.50. The molecule has 6 heteroatoms. The van der Waals surface area contributed by atoms with E-state index in [0.29, 0.717) is 17.3 Å². The van der Waals surface area contributed by atoms with E-state index in [4.69, 9.17) is 0 Å². The maximum atomic E-state index is 12.0. The van der Waals surface area contributed by atoms with Gasteiger partial charge in [0.2, 0.25) is 5.91 Å². The van der Waals surface area contributed by atoms with E-state index in [0.717, 1.165) is 5.75 Å². The lowest BCUT2D eigenvalue weighted by Gasteiger charge is -2.10. The fourth-order valence-electron chi connectivity index (χ4n) is 2.30. The number of hydrogen-bond acceptors (Lipinski definition) is 4. The molecule has 1 heterocycles. The minimum Gasteiger partial charge on any atom is -0.312 e. The molecule has 0 aromatic heterocycles. The number of hydrogen-bond donors (Lipinski definition) is 1. The van der Waals surface area contributed by atoms with Crippen LogP contribution in [-0.2, 0) is 15.3 Å². The highest BCUT2D eigenvalue weighted by atomic mass is 32.2. The topological polar surface area (TPSA) is 61.8 Å². The molecule has 2 aromatic rings. The Morgan fingerprint density at radius 2 is 1.75 bits per heavy atom. The van der Waals surface area contributed by atoms with E-state index in [9.17, 15) is 9.59 Å². The molecule has 0 unspecified atom stereocenters. The monoisotopic (exact) mass is 339 g/mol. The van der Waals surface area contributed by atoms with Crippen LogP contribution in [-0.4, -0.2) is 23.4 Å². The molecule has 3 rings (SSSR count). The predicted octanol–water partition coefficient (Wildman–Crippen LogP) is 2.79. The molecule has 122 valence electrons. The summed E-state index contributed by atoms with van der Waals surface area (Å²) < 4.78 is 0. The van der Waals surface area contributed by atoms with Crippen molar-refractivity contribution in [3.8, 4) is 0 Å². The molecule has 0 saturated carbocycles. The zero-order valence-electron chi connectivity index (χ0n) is 13.0. The molecule has 0 aliphatic carbocycles. The van der Waals surface area contributed by atoms with Gasteiger partial charge in [-0.25, -0.2) is 0 Å². The maximum absolute atomic E-state index is 12.0. The predicted molar refractivity (Wildman–Crippen MR) is 96.7 cm³/mol. The second kappa shape index (κ2) is 7.79. The van der Waals surface area contributed by atoms with Crippen molar-refractivity contribution in [1.82, 2.24) is 5.32 Å². The van der Waals surface area contributed by atoms with Crippen LogP contribution in [0.25, 0.3) is 0 Å². The van der Waals surface area contributed by atoms with Crippen LogP contribution in [0.2, 0.25) is 0 Å². The van der Waals surface area contributed by atoms with Gasteiger partial charge in [0, 0.05) is 5.75 Å². The third-order valence-electron chi connectivity index (χ3n) is 3.40. The zero-order chi connectivity index (χ0) is 16.8. The molecule has 0 atom stereocenters. The fraction of sp³-hybridized carbons (Fsp3) is 0.167. The SMILES string of the molecule is O=C(CSCc1ccccc1)NC1=NN(c2ccccc2)C(=O)C1. The van der Waals surface area contributed by atoms with Crippen molar-refractivity contribution in [3.05, 3.63) is 66.2 Å². The number of amides is 2. The summed E-state index contributed by atoms with van der Waals surface area (Å²) in [6.45, 7) is 0. The van der Waals surface area contributed by atoms with Gasteiger partial charge in [-0.1, -0.05) is 48.5 Å². The summed E-state index contributed by atoms with van der Waals surface area (Å²) in [5.74, 6) is 1.21. The number of carbonyl (C=O) groups is 2. The van der Waals surface area contributed by atoms with Gasteiger partial charge in [0.1, 0.15) is 5.84 Å². The van der Waals surface area contributed by atoms with Crippen LogP contribution < -0.4 is 10.3 Å². The third-order valence-corrected chi connectivity index (χ3v) is 4.41. The Morgan fingerprint density at radius 3 is 2.46 bits per heavy atom. The Bertz CT molecular complexity index is 747. The van der Waals surface area contributed by atoms with E-state index in [2.05, 4.69) is 10.4 Å². The number of hydrazone groups is 1. The standard InChI is InChI=1S/C18H17N3O2S/c22-17(13-24-12-14-7-3-1-4-8-14)19-16-11-18(23)21(20-16)15-9-5-2-6-10-15/h1-10H,11-13H2,(H,19,20,22). The third kappa shape index (κ3) is 4.23. The zero-order valence-corrected chi connectivity index (χ0v) is 13.8. The summed E-state index contributed by atoms with van der Waals surface area (Å²) in [7, 11) is 0. The first-order valence-electron chi connectivity index (χ1n) is 7.59.